The van der Waals surface area contributed by atoms with Gasteiger partial charge in [-0.25, -0.2) is 0 Å². The van der Waals surface area contributed by atoms with Crippen LogP contribution in [0.4, 0.5) is 0 Å². The Bertz CT molecular complexity index is 1170. The number of amides is 2. The van der Waals surface area contributed by atoms with Gasteiger partial charge < -0.3 is 24.8 Å². The highest BCUT2D eigenvalue weighted by Crippen LogP contribution is 2.25. The summed E-state index contributed by atoms with van der Waals surface area (Å²) in [6.45, 7) is 5.14. The molecule has 3 aromatic carbocycles. The predicted molar refractivity (Wildman–Crippen MR) is 140 cm³/mol. The van der Waals surface area contributed by atoms with Crippen LogP contribution in [0.1, 0.15) is 34.8 Å². The second-order valence-electron chi connectivity index (χ2n) is 8.05. The molecule has 0 unspecified atom stereocenters. The number of carbonyl (C=O) groups is 2. The van der Waals surface area contributed by atoms with Crippen molar-refractivity contribution < 1.29 is 23.8 Å². The molecule has 0 radical (unpaired) electrons. The van der Waals surface area contributed by atoms with Crippen molar-refractivity contribution in [3.05, 3.63) is 95.2 Å². The third-order valence-corrected chi connectivity index (χ3v) is 5.21. The minimum absolute atomic E-state index is 0.174. The highest BCUT2D eigenvalue weighted by atomic mass is 16.5. The lowest BCUT2D eigenvalue weighted by Crippen LogP contribution is -2.35. The summed E-state index contributed by atoms with van der Waals surface area (Å²) in [4.78, 5) is 25.4. The summed E-state index contributed by atoms with van der Waals surface area (Å²) in [5, 5.41) is 5.56. The molecule has 0 spiro atoms. The summed E-state index contributed by atoms with van der Waals surface area (Å²) in [5.41, 5.74) is 2.46. The second kappa shape index (κ2) is 13.6. The molecule has 0 heterocycles. The summed E-state index contributed by atoms with van der Waals surface area (Å²) >= 11 is 0. The summed E-state index contributed by atoms with van der Waals surface area (Å²) in [7, 11) is 1.60. The zero-order chi connectivity index (χ0) is 25.8. The number of aryl methyl sites for hydroxylation is 1. The smallest absolute Gasteiger partial charge is 0.267 e. The summed E-state index contributed by atoms with van der Waals surface area (Å²) in [5.74, 6) is 1.30. The van der Waals surface area contributed by atoms with Gasteiger partial charge in [0.25, 0.3) is 11.8 Å². The van der Waals surface area contributed by atoms with Crippen LogP contribution in [0, 0.1) is 6.92 Å². The van der Waals surface area contributed by atoms with Gasteiger partial charge in [-0.2, -0.15) is 0 Å². The number of benzene rings is 3. The van der Waals surface area contributed by atoms with E-state index in [1.165, 1.54) is 0 Å². The molecule has 0 atom stereocenters. The number of methoxy groups -OCH3 is 1. The topological polar surface area (TPSA) is 85.9 Å². The number of hydrogen-bond acceptors (Lipinski definition) is 5. The highest BCUT2D eigenvalue weighted by molar-refractivity contribution is 6.05. The maximum atomic E-state index is 12.7. The van der Waals surface area contributed by atoms with Gasteiger partial charge >= 0.3 is 0 Å². The molecule has 0 saturated heterocycles. The first-order chi connectivity index (χ1) is 17.5. The molecule has 0 fully saturated rings. The molecule has 7 heteroatoms. The van der Waals surface area contributed by atoms with E-state index in [0.29, 0.717) is 42.6 Å². The second-order valence-corrected chi connectivity index (χ2v) is 8.05. The van der Waals surface area contributed by atoms with E-state index in [4.69, 9.17) is 14.2 Å². The average molecular weight is 489 g/mol. The Morgan fingerprint density at radius 1 is 0.861 bits per heavy atom. The number of ether oxygens (including phenoxy) is 3. The fourth-order valence-electron chi connectivity index (χ4n) is 3.27. The van der Waals surface area contributed by atoms with Crippen molar-refractivity contribution in [3.8, 4) is 17.2 Å². The first-order valence-electron chi connectivity index (χ1n) is 11.9. The molecule has 0 bridgehead atoms. The quantitative estimate of drug-likeness (QED) is 0.284. The lowest BCUT2D eigenvalue weighted by Gasteiger charge is -2.12. The molecular formula is C29H32N2O5. The molecule has 0 aliphatic heterocycles. The van der Waals surface area contributed by atoms with Gasteiger partial charge in [-0.1, -0.05) is 48.9 Å². The molecule has 3 aromatic rings. The zero-order valence-electron chi connectivity index (χ0n) is 20.9. The van der Waals surface area contributed by atoms with Crippen molar-refractivity contribution in [2.24, 2.45) is 0 Å². The van der Waals surface area contributed by atoms with Crippen molar-refractivity contribution in [3.63, 3.8) is 0 Å². The van der Waals surface area contributed by atoms with Crippen molar-refractivity contribution >= 4 is 17.9 Å². The maximum absolute atomic E-state index is 12.7. The van der Waals surface area contributed by atoms with Crippen LogP contribution in [0.25, 0.3) is 6.08 Å². The van der Waals surface area contributed by atoms with Gasteiger partial charge in [0.05, 0.1) is 7.11 Å². The van der Waals surface area contributed by atoms with Gasteiger partial charge in [0.2, 0.25) is 0 Å². The van der Waals surface area contributed by atoms with Gasteiger partial charge in [0, 0.05) is 12.1 Å². The Morgan fingerprint density at radius 3 is 2.19 bits per heavy atom. The molecule has 0 aromatic heterocycles. The van der Waals surface area contributed by atoms with Crippen molar-refractivity contribution in [2.75, 3.05) is 26.9 Å². The fraction of sp³-hybridized carbons (Fsp3) is 0.241. The van der Waals surface area contributed by atoms with Crippen LogP contribution in [0.2, 0.25) is 0 Å². The van der Waals surface area contributed by atoms with E-state index in [2.05, 4.69) is 10.6 Å². The van der Waals surface area contributed by atoms with Crippen LogP contribution in [0.3, 0.4) is 0 Å². The number of hydrogen-bond donors (Lipinski definition) is 2. The summed E-state index contributed by atoms with van der Waals surface area (Å²) in [6.07, 6.45) is 2.43. The number of nitrogens with one attached hydrogen (secondary N) is 2. The SMILES string of the molecule is CCCNC(=O)C(=Cc1ccc(OCCOc2ccccc2OC)cc1)NC(=O)c1ccc(C)cc1. The molecule has 3 rings (SSSR count). The third kappa shape index (κ3) is 7.91. The van der Waals surface area contributed by atoms with Gasteiger partial charge in [0.15, 0.2) is 11.5 Å². The monoisotopic (exact) mass is 488 g/mol. The van der Waals surface area contributed by atoms with Gasteiger partial charge in [0.1, 0.15) is 24.7 Å². The molecule has 0 aliphatic rings. The first kappa shape index (κ1) is 26.3. The van der Waals surface area contributed by atoms with E-state index in [1.54, 1.807) is 37.5 Å². The average Bonchev–Trinajstić information content (AvgIpc) is 2.90. The molecule has 188 valence electrons. The van der Waals surface area contributed by atoms with E-state index in [0.717, 1.165) is 17.5 Å². The first-order valence-corrected chi connectivity index (χ1v) is 11.9. The van der Waals surface area contributed by atoms with E-state index in [-0.39, 0.29) is 17.5 Å². The highest BCUT2D eigenvalue weighted by Gasteiger charge is 2.14. The third-order valence-electron chi connectivity index (χ3n) is 5.21. The Labute approximate surface area is 212 Å². The van der Waals surface area contributed by atoms with Gasteiger partial charge in [-0.3, -0.25) is 9.59 Å². The molecule has 0 saturated carbocycles. The van der Waals surface area contributed by atoms with E-state index in [1.807, 2.05) is 62.4 Å². The predicted octanol–water partition coefficient (Wildman–Crippen LogP) is 4.76. The summed E-state index contributed by atoms with van der Waals surface area (Å²) in [6, 6.07) is 21.9. The van der Waals surface area contributed by atoms with Crippen LogP contribution >= 0.6 is 0 Å². The number of carbonyl (C=O) groups excluding carboxylic acids is 2. The van der Waals surface area contributed by atoms with Crippen molar-refractivity contribution in [1.82, 2.24) is 10.6 Å². The lowest BCUT2D eigenvalue weighted by atomic mass is 10.1. The standard InChI is InChI=1S/C29H32N2O5/c1-4-17-30-29(33)25(31-28(32)23-13-9-21(2)10-14-23)20-22-11-15-24(16-12-22)35-18-19-36-27-8-6-5-7-26(27)34-3/h5-16,20H,4,17-19H2,1-3H3,(H,30,33)(H,31,32). The largest absolute Gasteiger partial charge is 0.493 e. The van der Waals surface area contributed by atoms with Crippen molar-refractivity contribution in [1.29, 1.82) is 0 Å². The van der Waals surface area contributed by atoms with Crippen LogP contribution in [-0.2, 0) is 4.79 Å². The molecule has 2 amide bonds. The molecule has 0 aliphatic carbocycles. The minimum Gasteiger partial charge on any atom is -0.493 e. The lowest BCUT2D eigenvalue weighted by molar-refractivity contribution is -0.117. The van der Waals surface area contributed by atoms with E-state index < -0.39 is 0 Å². The molecule has 2 N–H and O–H groups in total. The molecule has 36 heavy (non-hydrogen) atoms. The van der Waals surface area contributed by atoms with E-state index in [9.17, 15) is 9.59 Å². The maximum Gasteiger partial charge on any atom is 0.267 e. The van der Waals surface area contributed by atoms with Crippen LogP contribution in [-0.4, -0.2) is 38.7 Å². The van der Waals surface area contributed by atoms with Crippen LogP contribution in [0.15, 0.2) is 78.5 Å². The summed E-state index contributed by atoms with van der Waals surface area (Å²) < 4.78 is 16.8. The Morgan fingerprint density at radius 2 is 1.53 bits per heavy atom. The van der Waals surface area contributed by atoms with Gasteiger partial charge in [-0.15, -0.1) is 0 Å². The Hall–Kier alpha value is -4.26. The number of rotatable bonds is 12. The number of para-hydroxylation sites is 2. The van der Waals surface area contributed by atoms with Crippen LogP contribution < -0.4 is 24.8 Å². The zero-order valence-corrected chi connectivity index (χ0v) is 20.9. The van der Waals surface area contributed by atoms with E-state index >= 15 is 0 Å². The van der Waals surface area contributed by atoms with Crippen molar-refractivity contribution in [2.45, 2.75) is 20.3 Å². The Kier molecular flexibility index (Phi) is 9.94. The molecule has 7 nitrogen and oxygen atoms in total. The van der Waals surface area contributed by atoms with Crippen LogP contribution in [0.5, 0.6) is 17.2 Å². The minimum atomic E-state index is -0.345. The fourth-order valence-corrected chi connectivity index (χ4v) is 3.27. The van der Waals surface area contributed by atoms with Gasteiger partial charge in [-0.05, 0) is 61.4 Å². The normalized spacial score (nSPS) is 10.9. The molecular weight excluding hydrogens is 456 g/mol. The Balaban J connectivity index is 1.62.